The van der Waals surface area contributed by atoms with E-state index >= 15 is 0 Å². The summed E-state index contributed by atoms with van der Waals surface area (Å²) in [6.45, 7) is 11.1. The van der Waals surface area contributed by atoms with E-state index in [0.29, 0.717) is 18.3 Å². The van der Waals surface area contributed by atoms with Crippen molar-refractivity contribution in [1.29, 1.82) is 0 Å². The Hall–Kier alpha value is -2.64. The van der Waals surface area contributed by atoms with Crippen LogP contribution in [0.3, 0.4) is 0 Å². The second-order valence-electron chi connectivity index (χ2n) is 8.09. The Balaban J connectivity index is 1.65. The lowest BCUT2D eigenvalue weighted by molar-refractivity contribution is 0.0509. The third kappa shape index (κ3) is 4.96. The summed E-state index contributed by atoms with van der Waals surface area (Å²) in [6, 6.07) is 3.82. The van der Waals surface area contributed by atoms with Crippen molar-refractivity contribution >= 4 is 11.9 Å². The van der Waals surface area contributed by atoms with Gasteiger partial charge in [-0.25, -0.2) is 9.78 Å². The third-order valence-electron chi connectivity index (χ3n) is 4.18. The molecule has 146 valence electrons. The smallest absolute Gasteiger partial charge is 0.407 e. The maximum absolute atomic E-state index is 12.0. The highest BCUT2D eigenvalue weighted by Gasteiger charge is 2.27. The molecule has 0 spiro atoms. The first-order valence-electron chi connectivity index (χ1n) is 9.26. The first kappa shape index (κ1) is 19.1. The molecule has 1 atom stereocenters. The van der Waals surface area contributed by atoms with Crippen LogP contribution in [0.25, 0.3) is 11.5 Å². The number of anilines is 1. The summed E-state index contributed by atoms with van der Waals surface area (Å²) >= 11 is 0. The predicted molar refractivity (Wildman–Crippen MR) is 102 cm³/mol. The lowest BCUT2D eigenvalue weighted by Gasteiger charge is -2.22. The zero-order chi connectivity index (χ0) is 19.6. The van der Waals surface area contributed by atoms with E-state index in [2.05, 4.69) is 25.3 Å². The van der Waals surface area contributed by atoms with Gasteiger partial charge in [-0.3, -0.25) is 0 Å². The maximum Gasteiger partial charge on any atom is 0.407 e. The van der Waals surface area contributed by atoms with Gasteiger partial charge in [0.15, 0.2) is 5.82 Å². The highest BCUT2D eigenvalue weighted by Crippen LogP contribution is 2.25. The topological polar surface area (TPSA) is 93.4 Å². The van der Waals surface area contributed by atoms with E-state index in [0.717, 1.165) is 24.3 Å². The van der Waals surface area contributed by atoms with E-state index in [-0.39, 0.29) is 18.1 Å². The Bertz CT molecular complexity index is 797. The highest BCUT2D eigenvalue weighted by atomic mass is 16.6. The Morgan fingerprint density at radius 3 is 2.85 bits per heavy atom. The molecule has 27 heavy (non-hydrogen) atoms. The fourth-order valence-electron chi connectivity index (χ4n) is 2.87. The van der Waals surface area contributed by atoms with Crippen LogP contribution in [0.1, 0.15) is 52.8 Å². The van der Waals surface area contributed by atoms with Crippen molar-refractivity contribution in [2.24, 2.45) is 0 Å². The van der Waals surface area contributed by atoms with Gasteiger partial charge in [0.1, 0.15) is 11.4 Å². The quantitative estimate of drug-likeness (QED) is 0.878. The molecule has 1 amide bonds. The molecular weight excluding hydrogens is 346 g/mol. The van der Waals surface area contributed by atoms with Gasteiger partial charge < -0.3 is 19.5 Å². The van der Waals surface area contributed by atoms with Crippen molar-refractivity contribution in [3.63, 3.8) is 0 Å². The molecule has 0 aromatic carbocycles. The maximum atomic E-state index is 12.0. The standard InChI is InChI=1S/C19H27N5O3/c1-12(2)16-22-17(27-23-16)13-6-8-20-15(10-13)24-9-7-14(11-24)21-18(25)26-19(3,4)5/h6,8,10,12,14H,7,9,11H2,1-5H3,(H,21,25). The zero-order valence-electron chi connectivity index (χ0n) is 16.5. The number of hydrogen-bond acceptors (Lipinski definition) is 7. The number of aromatic nitrogens is 3. The Kier molecular flexibility index (Phi) is 5.34. The van der Waals surface area contributed by atoms with Crippen LogP contribution >= 0.6 is 0 Å². The average Bonchev–Trinajstić information content (AvgIpc) is 3.22. The Morgan fingerprint density at radius 2 is 2.19 bits per heavy atom. The van der Waals surface area contributed by atoms with Crippen LogP contribution in [-0.2, 0) is 4.74 Å². The first-order chi connectivity index (χ1) is 12.7. The highest BCUT2D eigenvalue weighted by molar-refractivity contribution is 5.68. The summed E-state index contributed by atoms with van der Waals surface area (Å²) in [5.74, 6) is 2.21. The molecule has 2 aromatic rings. The Morgan fingerprint density at radius 1 is 1.41 bits per heavy atom. The number of pyridine rings is 1. The molecule has 0 saturated carbocycles. The first-order valence-corrected chi connectivity index (χ1v) is 9.26. The number of amides is 1. The van der Waals surface area contributed by atoms with Crippen molar-refractivity contribution in [3.05, 3.63) is 24.2 Å². The molecule has 1 unspecified atom stereocenters. The van der Waals surface area contributed by atoms with Crippen LogP contribution in [-0.4, -0.2) is 46.0 Å². The average molecular weight is 373 g/mol. The molecule has 8 heteroatoms. The molecule has 0 bridgehead atoms. The number of nitrogens with one attached hydrogen (secondary N) is 1. The molecule has 1 fully saturated rings. The number of nitrogens with zero attached hydrogens (tertiary/aromatic N) is 4. The molecule has 3 rings (SSSR count). The van der Waals surface area contributed by atoms with Gasteiger partial charge in [0.2, 0.25) is 0 Å². The van der Waals surface area contributed by atoms with Gasteiger partial charge in [0.25, 0.3) is 5.89 Å². The Labute approximate surface area is 159 Å². The van der Waals surface area contributed by atoms with Crippen molar-refractivity contribution < 1.29 is 14.1 Å². The molecule has 3 heterocycles. The number of hydrogen-bond donors (Lipinski definition) is 1. The summed E-state index contributed by atoms with van der Waals surface area (Å²) in [7, 11) is 0. The van der Waals surface area contributed by atoms with Gasteiger partial charge in [0.05, 0.1) is 6.04 Å². The van der Waals surface area contributed by atoms with Gasteiger partial charge in [0, 0.05) is 30.8 Å². The van der Waals surface area contributed by atoms with Crippen LogP contribution in [0.5, 0.6) is 0 Å². The molecule has 1 aliphatic heterocycles. The van der Waals surface area contributed by atoms with Gasteiger partial charge in [-0.1, -0.05) is 19.0 Å². The van der Waals surface area contributed by atoms with E-state index in [1.807, 2.05) is 46.8 Å². The predicted octanol–water partition coefficient (Wildman–Crippen LogP) is 3.36. The van der Waals surface area contributed by atoms with Crippen molar-refractivity contribution in [2.45, 2.75) is 58.6 Å². The monoisotopic (exact) mass is 373 g/mol. The number of rotatable bonds is 4. The second-order valence-corrected chi connectivity index (χ2v) is 8.09. The lowest BCUT2D eigenvalue weighted by atomic mass is 10.2. The molecule has 1 aliphatic rings. The fourth-order valence-corrected chi connectivity index (χ4v) is 2.87. The van der Waals surface area contributed by atoms with E-state index in [1.165, 1.54) is 0 Å². The minimum absolute atomic E-state index is 0.0289. The molecule has 0 aliphatic carbocycles. The molecular formula is C19H27N5O3. The lowest BCUT2D eigenvalue weighted by Crippen LogP contribution is -2.40. The largest absolute Gasteiger partial charge is 0.444 e. The number of carbonyl (C=O) groups is 1. The summed E-state index contributed by atoms with van der Waals surface area (Å²) in [6.07, 6.45) is 2.19. The van der Waals surface area contributed by atoms with Crippen molar-refractivity contribution in [2.75, 3.05) is 18.0 Å². The van der Waals surface area contributed by atoms with Gasteiger partial charge in [-0.15, -0.1) is 0 Å². The molecule has 8 nitrogen and oxygen atoms in total. The number of carbonyl (C=O) groups excluding carboxylic acids is 1. The number of ether oxygens (including phenoxy) is 1. The normalized spacial score (nSPS) is 17.4. The van der Waals surface area contributed by atoms with Gasteiger partial charge in [-0.2, -0.15) is 4.98 Å². The van der Waals surface area contributed by atoms with Crippen LogP contribution in [0.15, 0.2) is 22.9 Å². The fraction of sp³-hybridized carbons (Fsp3) is 0.579. The molecule has 1 saturated heterocycles. The molecule has 2 aromatic heterocycles. The van der Waals surface area contributed by atoms with E-state index in [4.69, 9.17) is 9.26 Å². The summed E-state index contributed by atoms with van der Waals surface area (Å²) < 4.78 is 10.7. The number of alkyl carbamates (subject to hydrolysis) is 1. The van der Waals surface area contributed by atoms with Crippen molar-refractivity contribution in [1.82, 2.24) is 20.4 Å². The molecule has 1 N–H and O–H groups in total. The molecule has 0 radical (unpaired) electrons. The van der Waals surface area contributed by atoms with Crippen LogP contribution in [0, 0.1) is 0 Å². The minimum atomic E-state index is -0.503. The van der Waals surface area contributed by atoms with Crippen LogP contribution in [0.2, 0.25) is 0 Å². The van der Waals surface area contributed by atoms with Crippen molar-refractivity contribution in [3.8, 4) is 11.5 Å². The summed E-state index contributed by atoms with van der Waals surface area (Å²) in [5, 5.41) is 6.94. The van der Waals surface area contributed by atoms with E-state index in [9.17, 15) is 4.79 Å². The minimum Gasteiger partial charge on any atom is -0.444 e. The SMILES string of the molecule is CC(C)c1noc(-c2ccnc(N3CCC(NC(=O)OC(C)(C)C)C3)c2)n1. The van der Waals surface area contributed by atoms with Gasteiger partial charge >= 0.3 is 6.09 Å². The van der Waals surface area contributed by atoms with E-state index in [1.54, 1.807) is 6.20 Å². The summed E-state index contributed by atoms with van der Waals surface area (Å²) in [4.78, 5) is 23.0. The van der Waals surface area contributed by atoms with Crippen LogP contribution in [0.4, 0.5) is 10.6 Å². The van der Waals surface area contributed by atoms with Crippen LogP contribution < -0.4 is 10.2 Å². The summed E-state index contributed by atoms with van der Waals surface area (Å²) in [5.41, 5.74) is 0.333. The second kappa shape index (κ2) is 7.54. The van der Waals surface area contributed by atoms with E-state index < -0.39 is 5.60 Å². The third-order valence-corrected chi connectivity index (χ3v) is 4.18. The zero-order valence-corrected chi connectivity index (χ0v) is 16.5. The van der Waals surface area contributed by atoms with Gasteiger partial charge in [-0.05, 0) is 39.3 Å².